The van der Waals surface area contributed by atoms with Crippen LogP contribution in [0.15, 0.2) is 37.4 Å². The summed E-state index contributed by atoms with van der Waals surface area (Å²) < 4.78 is 72.2. The third kappa shape index (κ3) is 22.1. The Hall–Kier alpha value is -1.84. The van der Waals surface area contributed by atoms with Gasteiger partial charge in [0, 0.05) is 0 Å². The highest BCUT2D eigenvalue weighted by Crippen LogP contribution is 1.80. The lowest BCUT2D eigenvalue weighted by atomic mass is 10.7. The molecule has 2 rings (SSSR count). The minimum Gasteiger partial charge on any atom is -0.726 e. The van der Waals surface area contributed by atoms with E-state index < -0.39 is 20.8 Å². The summed E-state index contributed by atoms with van der Waals surface area (Å²) in [5.74, 6) is 0. The highest BCUT2D eigenvalue weighted by molar-refractivity contribution is 7.80. The number of aromatic nitrogens is 4. The van der Waals surface area contributed by atoms with Crippen LogP contribution in [0.4, 0.5) is 0 Å². The predicted molar refractivity (Wildman–Crippen MR) is 91.6 cm³/mol. The highest BCUT2D eigenvalue weighted by atomic mass is 32.3. The van der Waals surface area contributed by atoms with Gasteiger partial charge in [0.25, 0.3) is 0 Å². The van der Waals surface area contributed by atoms with Crippen molar-refractivity contribution in [1.82, 2.24) is 9.13 Å². The number of aryl methyl sites for hydroxylation is 4. The normalized spacial score (nSPS) is 10.5. The van der Waals surface area contributed by atoms with E-state index in [2.05, 4.69) is 52.2 Å². The van der Waals surface area contributed by atoms with Crippen LogP contribution in [0.25, 0.3) is 0 Å². The molecule has 0 aliphatic heterocycles. The Kier molecular flexibility index (Phi) is 13.5. The van der Waals surface area contributed by atoms with Crippen molar-refractivity contribution < 1.29 is 43.8 Å². The van der Waals surface area contributed by atoms with Crippen LogP contribution in [-0.2, 0) is 52.2 Å². The second-order valence-electron chi connectivity index (χ2n) is 4.82. The van der Waals surface area contributed by atoms with Crippen LogP contribution >= 0.6 is 0 Å². The number of nitrogens with zero attached hydrogens (tertiary/aromatic N) is 4. The van der Waals surface area contributed by atoms with E-state index in [1.54, 1.807) is 0 Å². The Balaban J connectivity index is 0. The molecular formula is C13H26N4O8S2. The largest absolute Gasteiger partial charge is 0.726 e. The number of rotatable bonds is 3. The van der Waals surface area contributed by atoms with Crippen molar-refractivity contribution >= 4 is 20.8 Å². The molecule has 1 N–H and O–H groups in total. The smallest absolute Gasteiger partial charge is 0.243 e. The fraction of sp³-hybridized carbons (Fsp3) is 0.538. The van der Waals surface area contributed by atoms with Crippen molar-refractivity contribution in [1.29, 1.82) is 0 Å². The molecule has 0 spiro atoms. The lowest BCUT2D eigenvalue weighted by Gasteiger charge is -1.98. The van der Waals surface area contributed by atoms with Crippen molar-refractivity contribution in [2.24, 2.45) is 14.1 Å². The molecule has 0 aliphatic carbocycles. The molecule has 27 heavy (non-hydrogen) atoms. The molecule has 158 valence electrons. The maximum atomic E-state index is 9.22. The van der Waals surface area contributed by atoms with Gasteiger partial charge in [-0.2, -0.15) is 0 Å². The van der Waals surface area contributed by atoms with Gasteiger partial charge in [0.05, 0.1) is 34.3 Å². The minimum absolute atomic E-state index is 0.808. The van der Waals surface area contributed by atoms with Gasteiger partial charge in [-0.05, 0) is 13.8 Å². The molecule has 0 unspecified atom stereocenters. The Labute approximate surface area is 159 Å². The maximum absolute atomic E-state index is 9.22. The molecule has 2 heterocycles. The third-order valence-corrected chi connectivity index (χ3v) is 2.99. The molecular weight excluding hydrogens is 404 g/mol. The molecule has 0 amide bonds. The number of imidazole rings is 2. The van der Waals surface area contributed by atoms with E-state index in [0.717, 1.165) is 20.2 Å². The van der Waals surface area contributed by atoms with Crippen molar-refractivity contribution in [3.05, 3.63) is 37.4 Å². The fourth-order valence-corrected chi connectivity index (χ4v) is 1.38. The van der Waals surface area contributed by atoms with E-state index in [9.17, 15) is 13.0 Å². The monoisotopic (exact) mass is 430 g/mol. The Bertz CT molecular complexity index is 795. The Morgan fingerprint density at radius 3 is 1.26 bits per heavy atom. The molecule has 0 bridgehead atoms. The molecule has 0 fully saturated rings. The summed E-state index contributed by atoms with van der Waals surface area (Å²) in [6.07, 6.45) is 12.3. The van der Waals surface area contributed by atoms with Crippen LogP contribution < -0.4 is 9.13 Å². The maximum Gasteiger partial charge on any atom is 0.243 e. The molecule has 12 nitrogen and oxygen atoms in total. The van der Waals surface area contributed by atoms with Crippen molar-refractivity contribution in [2.45, 2.75) is 26.9 Å². The van der Waals surface area contributed by atoms with Crippen LogP contribution in [-0.4, -0.2) is 46.7 Å². The minimum atomic E-state index is -4.92. The lowest BCUT2D eigenvalue weighted by molar-refractivity contribution is -0.671. The van der Waals surface area contributed by atoms with Crippen LogP contribution in [0.5, 0.6) is 0 Å². The third-order valence-electron chi connectivity index (χ3n) is 2.58. The average molecular weight is 431 g/mol. The van der Waals surface area contributed by atoms with E-state index in [0.29, 0.717) is 0 Å². The summed E-state index contributed by atoms with van der Waals surface area (Å²) in [5.41, 5.74) is 0. The van der Waals surface area contributed by atoms with Gasteiger partial charge in [-0.3, -0.25) is 8.74 Å². The summed E-state index contributed by atoms with van der Waals surface area (Å²) in [5, 5.41) is 0. The standard InChI is InChI=1S/2C6H11N2.CH4O4S.H2O4S/c2*1-3-8-5-4-7(2)6-8;1-5-6(2,3)4;1-5(2,3)4/h2*4-6H,3H2,1-2H3;1H3,(H,2,3,4);(H2,1,2,3,4)/q2*+1;;/p-2. The molecule has 14 heteroatoms. The average Bonchev–Trinajstić information content (AvgIpc) is 3.14. The molecule has 0 atom stereocenters. The summed E-state index contributed by atoms with van der Waals surface area (Å²) in [6.45, 7) is 6.36. The summed E-state index contributed by atoms with van der Waals surface area (Å²) in [4.78, 5) is 0. The van der Waals surface area contributed by atoms with Crippen LogP contribution in [0.2, 0.25) is 0 Å². The summed E-state index contributed by atoms with van der Waals surface area (Å²) in [7, 11) is -4.48. The summed E-state index contributed by atoms with van der Waals surface area (Å²) in [6, 6.07) is 0. The van der Waals surface area contributed by atoms with Gasteiger partial charge in [0.1, 0.15) is 24.8 Å². The van der Waals surface area contributed by atoms with Gasteiger partial charge in [0.2, 0.25) is 33.5 Å². The van der Waals surface area contributed by atoms with Crippen molar-refractivity contribution in [2.75, 3.05) is 7.11 Å². The first-order chi connectivity index (χ1) is 12.2. The van der Waals surface area contributed by atoms with Gasteiger partial charge >= 0.3 is 0 Å². The number of hydrogen-bond acceptors (Lipinski definition) is 7. The van der Waals surface area contributed by atoms with Crippen molar-refractivity contribution in [3.8, 4) is 0 Å². The second kappa shape index (κ2) is 13.3. The lowest BCUT2D eigenvalue weighted by Crippen LogP contribution is -2.23. The fourth-order valence-electron chi connectivity index (χ4n) is 1.38. The SMILES string of the molecule is CCn1cc[n+](C)c1.CCn1cc[n+](C)c1.COS(=O)(=O)[O-].O=S(=O)([O-])O. The van der Waals surface area contributed by atoms with E-state index >= 15 is 0 Å². The first-order valence-corrected chi connectivity index (χ1v) is 10.1. The topological polar surface area (TPSA) is 161 Å². The molecule has 0 radical (unpaired) electrons. The summed E-state index contributed by atoms with van der Waals surface area (Å²) >= 11 is 0. The first-order valence-electron chi connectivity index (χ1n) is 7.43. The molecule has 2 aromatic heterocycles. The molecule has 2 aromatic rings. The predicted octanol–water partition coefficient (Wildman–Crippen LogP) is -1.24. The van der Waals surface area contributed by atoms with E-state index in [4.69, 9.17) is 17.5 Å². The van der Waals surface area contributed by atoms with Crippen molar-refractivity contribution in [3.63, 3.8) is 0 Å². The molecule has 0 saturated heterocycles. The van der Waals surface area contributed by atoms with Crippen LogP contribution in [0, 0.1) is 0 Å². The quantitative estimate of drug-likeness (QED) is 0.359. The van der Waals surface area contributed by atoms with E-state index in [1.807, 2.05) is 35.6 Å². The Morgan fingerprint density at radius 1 is 0.926 bits per heavy atom. The van der Waals surface area contributed by atoms with Crippen LogP contribution in [0.3, 0.4) is 0 Å². The molecule has 0 aromatic carbocycles. The highest BCUT2D eigenvalue weighted by Gasteiger charge is 1.93. The van der Waals surface area contributed by atoms with Gasteiger partial charge in [-0.1, -0.05) is 0 Å². The van der Waals surface area contributed by atoms with Gasteiger partial charge in [-0.15, -0.1) is 0 Å². The van der Waals surface area contributed by atoms with Crippen LogP contribution in [0.1, 0.15) is 13.8 Å². The van der Waals surface area contributed by atoms with E-state index in [1.165, 1.54) is 0 Å². The zero-order chi connectivity index (χ0) is 21.7. The zero-order valence-corrected chi connectivity index (χ0v) is 17.4. The second-order valence-corrected chi connectivity index (χ2v) is 6.83. The number of hydrogen-bond donors (Lipinski definition) is 1. The molecule has 0 aliphatic rings. The zero-order valence-electron chi connectivity index (χ0n) is 15.8. The van der Waals surface area contributed by atoms with Gasteiger partial charge in [0.15, 0.2) is 0 Å². The Morgan fingerprint density at radius 2 is 1.19 bits per heavy atom. The van der Waals surface area contributed by atoms with Gasteiger partial charge in [-0.25, -0.2) is 35.1 Å². The van der Waals surface area contributed by atoms with E-state index in [-0.39, 0.29) is 0 Å². The van der Waals surface area contributed by atoms with Gasteiger partial charge < -0.3 is 9.11 Å². The first kappa shape index (κ1) is 27.4. The molecule has 0 saturated carbocycles.